The van der Waals surface area contributed by atoms with Crippen LogP contribution >= 0.6 is 0 Å². The lowest BCUT2D eigenvalue weighted by Gasteiger charge is -2.31. The molecule has 0 bridgehead atoms. The molecular formula is C15H23N3O2. The summed E-state index contributed by atoms with van der Waals surface area (Å²) in [5, 5.41) is 2.29. The molecule has 0 saturated carbocycles. The van der Waals surface area contributed by atoms with Gasteiger partial charge in [0.2, 0.25) is 0 Å². The fourth-order valence-electron chi connectivity index (χ4n) is 2.78. The second-order valence-electron chi connectivity index (χ2n) is 5.37. The van der Waals surface area contributed by atoms with E-state index in [2.05, 4.69) is 16.5 Å². The minimum absolute atomic E-state index is 0.129. The maximum absolute atomic E-state index is 5.94. The Bertz CT molecular complexity index is 447. The van der Waals surface area contributed by atoms with Gasteiger partial charge in [0, 0.05) is 19.6 Å². The maximum Gasteiger partial charge on any atom is 0.161 e. The van der Waals surface area contributed by atoms with Gasteiger partial charge in [-0.15, -0.1) is 0 Å². The monoisotopic (exact) mass is 277 g/mol. The number of hydrogen-bond donors (Lipinski definition) is 2. The number of ether oxygens (including phenoxy) is 2. The van der Waals surface area contributed by atoms with Crippen LogP contribution < -0.4 is 20.6 Å². The van der Waals surface area contributed by atoms with E-state index in [1.165, 1.54) is 19.3 Å². The summed E-state index contributed by atoms with van der Waals surface area (Å²) < 4.78 is 11.2. The first-order valence-electron chi connectivity index (χ1n) is 7.47. The topological polar surface area (TPSA) is 59.8 Å². The third-order valence-electron chi connectivity index (χ3n) is 3.90. The number of fused-ring (bicyclic) bond motifs is 1. The molecule has 1 aromatic rings. The first-order chi connectivity index (χ1) is 9.86. The lowest BCUT2D eigenvalue weighted by atomic mass is 10.1. The molecule has 110 valence electrons. The molecular weight excluding hydrogens is 254 g/mol. The van der Waals surface area contributed by atoms with Crippen molar-refractivity contribution in [1.82, 2.24) is 10.4 Å². The van der Waals surface area contributed by atoms with Crippen LogP contribution in [0.2, 0.25) is 0 Å². The van der Waals surface area contributed by atoms with Crippen LogP contribution in [0.25, 0.3) is 0 Å². The summed E-state index contributed by atoms with van der Waals surface area (Å²) in [6.45, 7) is 4.00. The lowest BCUT2D eigenvalue weighted by Crippen LogP contribution is -2.45. The number of nitrogens with two attached hydrogens (primary N) is 1. The van der Waals surface area contributed by atoms with Crippen LogP contribution in [0.5, 0.6) is 11.5 Å². The Morgan fingerprint density at radius 1 is 1.10 bits per heavy atom. The number of hydrogen-bond acceptors (Lipinski definition) is 5. The second kappa shape index (κ2) is 6.43. The van der Waals surface area contributed by atoms with E-state index in [9.17, 15) is 0 Å². The Hall–Kier alpha value is -1.30. The molecule has 2 aliphatic rings. The molecule has 2 aliphatic heterocycles. The number of hydrazine groups is 1. The Kier molecular flexibility index (Phi) is 4.40. The quantitative estimate of drug-likeness (QED) is 0.872. The summed E-state index contributed by atoms with van der Waals surface area (Å²) in [4.78, 5) is 0. The molecule has 1 aromatic carbocycles. The Balaban J connectivity index is 1.71. The van der Waals surface area contributed by atoms with Crippen molar-refractivity contribution in [2.75, 3.05) is 32.8 Å². The van der Waals surface area contributed by atoms with Gasteiger partial charge in [-0.1, -0.05) is 12.5 Å². The van der Waals surface area contributed by atoms with Crippen LogP contribution in [-0.4, -0.2) is 37.9 Å². The number of nitrogens with zero attached hydrogens (tertiary/aromatic N) is 1. The molecule has 5 nitrogen and oxygen atoms in total. The maximum atomic E-state index is 5.94. The molecule has 5 heteroatoms. The molecule has 3 N–H and O–H groups in total. The zero-order valence-corrected chi connectivity index (χ0v) is 11.8. The Morgan fingerprint density at radius 2 is 1.85 bits per heavy atom. The Morgan fingerprint density at radius 3 is 2.60 bits per heavy atom. The van der Waals surface area contributed by atoms with E-state index in [0.29, 0.717) is 19.8 Å². The van der Waals surface area contributed by atoms with Crippen LogP contribution in [0.4, 0.5) is 0 Å². The summed E-state index contributed by atoms with van der Waals surface area (Å²) >= 11 is 0. The molecule has 0 radical (unpaired) electrons. The minimum Gasteiger partial charge on any atom is -0.486 e. The van der Waals surface area contributed by atoms with Crippen molar-refractivity contribution in [2.24, 2.45) is 5.73 Å². The van der Waals surface area contributed by atoms with Crippen molar-refractivity contribution in [3.8, 4) is 11.5 Å². The highest BCUT2D eigenvalue weighted by atomic mass is 16.6. The first kappa shape index (κ1) is 13.7. The third-order valence-corrected chi connectivity index (χ3v) is 3.90. The summed E-state index contributed by atoms with van der Waals surface area (Å²) in [7, 11) is 0. The number of piperidine rings is 1. The largest absolute Gasteiger partial charge is 0.486 e. The van der Waals surface area contributed by atoms with E-state index in [1.807, 2.05) is 12.1 Å². The molecule has 0 spiro atoms. The smallest absolute Gasteiger partial charge is 0.161 e. The van der Waals surface area contributed by atoms with E-state index in [-0.39, 0.29) is 6.04 Å². The summed E-state index contributed by atoms with van der Waals surface area (Å²) in [6, 6.07) is 6.22. The van der Waals surface area contributed by atoms with E-state index in [1.54, 1.807) is 0 Å². The first-order valence-corrected chi connectivity index (χ1v) is 7.47. The van der Waals surface area contributed by atoms with Gasteiger partial charge in [-0.25, -0.2) is 10.4 Å². The van der Waals surface area contributed by atoms with Crippen LogP contribution in [0.15, 0.2) is 18.2 Å². The van der Waals surface area contributed by atoms with Crippen molar-refractivity contribution in [3.05, 3.63) is 23.8 Å². The highest BCUT2D eigenvalue weighted by Crippen LogP contribution is 2.32. The van der Waals surface area contributed by atoms with Crippen LogP contribution in [0.1, 0.15) is 30.9 Å². The number of nitrogens with one attached hydrogen (secondary N) is 1. The molecule has 1 fully saturated rings. The van der Waals surface area contributed by atoms with Crippen LogP contribution in [0, 0.1) is 0 Å². The molecule has 1 unspecified atom stereocenters. The SMILES string of the molecule is NCC(NN1CCCCC1)c1ccc2c(c1)OCCO2. The highest BCUT2D eigenvalue weighted by Gasteiger charge is 2.19. The van der Waals surface area contributed by atoms with Gasteiger partial charge in [-0.05, 0) is 30.5 Å². The van der Waals surface area contributed by atoms with Crippen LogP contribution in [0.3, 0.4) is 0 Å². The van der Waals surface area contributed by atoms with Gasteiger partial charge in [0.25, 0.3) is 0 Å². The normalized spacial score (nSPS) is 20.6. The molecule has 0 aromatic heterocycles. The molecule has 0 amide bonds. The molecule has 3 rings (SSSR count). The molecule has 20 heavy (non-hydrogen) atoms. The fourth-order valence-corrected chi connectivity index (χ4v) is 2.78. The predicted octanol–water partition coefficient (Wildman–Crippen LogP) is 1.45. The van der Waals surface area contributed by atoms with Crippen molar-refractivity contribution in [3.63, 3.8) is 0 Å². The fraction of sp³-hybridized carbons (Fsp3) is 0.600. The van der Waals surface area contributed by atoms with Gasteiger partial charge in [-0.2, -0.15) is 0 Å². The van der Waals surface area contributed by atoms with Crippen molar-refractivity contribution < 1.29 is 9.47 Å². The van der Waals surface area contributed by atoms with E-state index >= 15 is 0 Å². The van der Waals surface area contributed by atoms with Gasteiger partial charge in [0.15, 0.2) is 11.5 Å². The summed E-state index contributed by atoms with van der Waals surface area (Å²) in [6.07, 6.45) is 3.84. The molecule has 1 atom stereocenters. The average molecular weight is 277 g/mol. The van der Waals surface area contributed by atoms with Crippen molar-refractivity contribution in [2.45, 2.75) is 25.3 Å². The third kappa shape index (κ3) is 3.06. The number of benzene rings is 1. The molecule has 1 saturated heterocycles. The highest BCUT2D eigenvalue weighted by molar-refractivity contribution is 5.44. The van der Waals surface area contributed by atoms with Gasteiger partial charge in [-0.3, -0.25) is 0 Å². The van der Waals surface area contributed by atoms with Crippen LogP contribution in [-0.2, 0) is 0 Å². The lowest BCUT2D eigenvalue weighted by molar-refractivity contribution is 0.129. The Labute approximate surface area is 120 Å². The van der Waals surface area contributed by atoms with E-state index < -0.39 is 0 Å². The van der Waals surface area contributed by atoms with E-state index in [0.717, 1.165) is 30.2 Å². The average Bonchev–Trinajstić information content (AvgIpc) is 2.53. The zero-order valence-electron chi connectivity index (χ0n) is 11.8. The standard InChI is InChI=1S/C15H23N3O2/c16-11-13(17-18-6-2-1-3-7-18)12-4-5-14-15(10-12)20-9-8-19-14/h4-5,10,13,17H,1-3,6-9,11,16H2. The molecule has 0 aliphatic carbocycles. The van der Waals surface area contributed by atoms with Gasteiger partial charge in [0.05, 0.1) is 6.04 Å². The zero-order chi connectivity index (χ0) is 13.8. The predicted molar refractivity (Wildman–Crippen MR) is 77.8 cm³/mol. The van der Waals surface area contributed by atoms with Crippen molar-refractivity contribution in [1.29, 1.82) is 0 Å². The van der Waals surface area contributed by atoms with Gasteiger partial charge < -0.3 is 15.2 Å². The number of rotatable bonds is 4. The minimum atomic E-state index is 0.129. The van der Waals surface area contributed by atoms with Gasteiger partial charge >= 0.3 is 0 Å². The summed E-state index contributed by atoms with van der Waals surface area (Å²) in [5.41, 5.74) is 10.6. The second-order valence-corrected chi connectivity index (χ2v) is 5.37. The summed E-state index contributed by atoms with van der Waals surface area (Å²) in [5.74, 6) is 1.65. The van der Waals surface area contributed by atoms with E-state index in [4.69, 9.17) is 15.2 Å². The molecule has 2 heterocycles. The van der Waals surface area contributed by atoms with Crippen molar-refractivity contribution >= 4 is 0 Å². The van der Waals surface area contributed by atoms with Gasteiger partial charge in [0.1, 0.15) is 13.2 Å².